The van der Waals surface area contributed by atoms with Gasteiger partial charge in [0, 0.05) is 28.4 Å². The fraction of sp³-hybridized carbons (Fsp3) is 0.250. The second kappa shape index (κ2) is 8.11. The molecule has 0 bridgehead atoms. The van der Waals surface area contributed by atoms with Crippen molar-refractivity contribution in [2.75, 3.05) is 7.11 Å². The van der Waals surface area contributed by atoms with Crippen LogP contribution in [0.1, 0.15) is 41.4 Å². The summed E-state index contributed by atoms with van der Waals surface area (Å²) in [6.07, 6.45) is 9.37. The Morgan fingerprint density at radius 3 is 2.68 bits per heavy atom. The second-order valence-corrected chi connectivity index (χ2v) is 8.29. The highest BCUT2D eigenvalue weighted by Gasteiger charge is 2.22. The molecule has 0 saturated heterocycles. The van der Waals surface area contributed by atoms with Crippen molar-refractivity contribution in [2.24, 2.45) is 5.92 Å². The lowest BCUT2D eigenvalue weighted by atomic mass is 9.85. The van der Waals surface area contributed by atoms with Crippen molar-refractivity contribution in [1.82, 2.24) is 4.98 Å². The highest BCUT2D eigenvalue weighted by molar-refractivity contribution is 7.17. The van der Waals surface area contributed by atoms with E-state index < -0.39 is 0 Å². The SMILES string of the molecule is COC(=O)c1sc(-c2ccccc2)cc1-c1ccncc1C1=CCC(C)CC1. The van der Waals surface area contributed by atoms with E-state index in [4.69, 9.17) is 4.74 Å². The lowest BCUT2D eigenvalue weighted by molar-refractivity contribution is 0.0607. The minimum Gasteiger partial charge on any atom is -0.465 e. The zero-order valence-electron chi connectivity index (χ0n) is 16.1. The Hall–Kier alpha value is -2.72. The van der Waals surface area contributed by atoms with Crippen molar-refractivity contribution >= 4 is 22.9 Å². The summed E-state index contributed by atoms with van der Waals surface area (Å²) < 4.78 is 5.09. The summed E-state index contributed by atoms with van der Waals surface area (Å²) in [5.74, 6) is 0.427. The second-order valence-electron chi connectivity index (χ2n) is 7.24. The molecule has 2 aromatic heterocycles. The van der Waals surface area contributed by atoms with E-state index in [1.807, 2.05) is 30.5 Å². The first-order valence-corrected chi connectivity index (χ1v) is 10.4. The molecule has 1 unspecified atom stereocenters. The molecular formula is C24H23NO2S. The summed E-state index contributed by atoms with van der Waals surface area (Å²) >= 11 is 1.48. The lowest BCUT2D eigenvalue weighted by Gasteiger charge is -2.20. The number of pyridine rings is 1. The number of esters is 1. The first-order valence-electron chi connectivity index (χ1n) is 9.58. The minimum atomic E-state index is -0.295. The van der Waals surface area contributed by atoms with Gasteiger partial charge in [0.25, 0.3) is 0 Å². The molecule has 1 atom stereocenters. The van der Waals surface area contributed by atoms with E-state index in [-0.39, 0.29) is 5.97 Å². The Bertz CT molecular complexity index is 1020. The van der Waals surface area contributed by atoms with Gasteiger partial charge in [-0.2, -0.15) is 0 Å². The summed E-state index contributed by atoms with van der Waals surface area (Å²) in [5, 5.41) is 0. The van der Waals surface area contributed by atoms with Gasteiger partial charge in [0.15, 0.2) is 0 Å². The number of nitrogens with zero attached hydrogens (tertiary/aromatic N) is 1. The highest BCUT2D eigenvalue weighted by Crippen LogP contribution is 2.41. The van der Waals surface area contributed by atoms with Gasteiger partial charge in [-0.05, 0) is 54.0 Å². The molecule has 3 nitrogen and oxygen atoms in total. The van der Waals surface area contributed by atoms with Crippen molar-refractivity contribution in [3.8, 4) is 21.6 Å². The van der Waals surface area contributed by atoms with Crippen LogP contribution >= 0.6 is 11.3 Å². The van der Waals surface area contributed by atoms with Gasteiger partial charge >= 0.3 is 5.97 Å². The predicted molar refractivity (Wildman–Crippen MR) is 115 cm³/mol. The number of allylic oxidation sites excluding steroid dienone is 2. The van der Waals surface area contributed by atoms with E-state index in [9.17, 15) is 4.79 Å². The molecule has 1 aromatic carbocycles. The Morgan fingerprint density at radius 2 is 1.96 bits per heavy atom. The molecule has 4 rings (SSSR count). The first-order chi connectivity index (χ1) is 13.7. The topological polar surface area (TPSA) is 39.2 Å². The van der Waals surface area contributed by atoms with Gasteiger partial charge in [-0.15, -0.1) is 11.3 Å². The number of methoxy groups -OCH3 is 1. The van der Waals surface area contributed by atoms with E-state index in [1.165, 1.54) is 30.4 Å². The largest absolute Gasteiger partial charge is 0.465 e. The Morgan fingerprint density at radius 1 is 1.14 bits per heavy atom. The number of carbonyl (C=O) groups is 1. The zero-order valence-corrected chi connectivity index (χ0v) is 17.0. The summed E-state index contributed by atoms with van der Waals surface area (Å²) in [7, 11) is 1.44. The molecule has 2 heterocycles. The minimum absolute atomic E-state index is 0.295. The van der Waals surface area contributed by atoms with Crippen LogP contribution < -0.4 is 0 Å². The monoisotopic (exact) mass is 389 g/mol. The maximum Gasteiger partial charge on any atom is 0.348 e. The quantitative estimate of drug-likeness (QED) is 0.480. The van der Waals surface area contributed by atoms with Crippen molar-refractivity contribution in [2.45, 2.75) is 26.2 Å². The lowest BCUT2D eigenvalue weighted by Crippen LogP contribution is -2.04. The third-order valence-electron chi connectivity index (χ3n) is 5.29. The third kappa shape index (κ3) is 3.65. The van der Waals surface area contributed by atoms with Crippen LogP contribution in [0.2, 0.25) is 0 Å². The molecule has 1 aliphatic rings. The van der Waals surface area contributed by atoms with Gasteiger partial charge in [0.05, 0.1) is 7.11 Å². The first kappa shape index (κ1) is 18.6. The van der Waals surface area contributed by atoms with Crippen LogP contribution in [-0.2, 0) is 4.74 Å². The molecule has 142 valence electrons. The summed E-state index contributed by atoms with van der Waals surface area (Å²) in [6, 6.07) is 14.3. The molecule has 28 heavy (non-hydrogen) atoms. The van der Waals surface area contributed by atoms with Crippen LogP contribution in [0.5, 0.6) is 0 Å². The molecule has 0 aliphatic heterocycles. The molecule has 0 fully saturated rings. The maximum atomic E-state index is 12.5. The average Bonchev–Trinajstić information content (AvgIpc) is 3.20. The standard InChI is InChI=1S/C24H23NO2S/c1-16-8-10-17(11-9-16)21-15-25-13-12-19(21)20-14-22(18-6-4-3-5-7-18)28-23(20)24(26)27-2/h3-7,10,12-16H,8-9,11H2,1-2H3. The van der Waals surface area contributed by atoms with Crippen molar-refractivity contribution in [3.05, 3.63) is 71.4 Å². The Balaban J connectivity index is 1.85. The van der Waals surface area contributed by atoms with Gasteiger partial charge in [-0.25, -0.2) is 4.79 Å². The number of hydrogen-bond donors (Lipinski definition) is 0. The number of ether oxygens (including phenoxy) is 1. The molecule has 3 aromatic rings. The summed E-state index contributed by atoms with van der Waals surface area (Å²) in [4.78, 5) is 18.6. The number of hydrogen-bond acceptors (Lipinski definition) is 4. The van der Waals surface area contributed by atoms with Crippen LogP contribution in [0.25, 0.3) is 27.1 Å². The molecule has 0 N–H and O–H groups in total. The van der Waals surface area contributed by atoms with Gasteiger partial charge in [0.1, 0.15) is 4.88 Å². The molecule has 4 heteroatoms. The molecule has 0 radical (unpaired) electrons. The molecular weight excluding hydrogens is 366 g/mol. The van der Waals surface area contributed by atoms with E-state index in [0.717, 1.165) is 45.9 Å². The number of benzene rings is 1. The van der Waals surface area contributed by atoms with Crippen LogP contribution in [0, 0.1) is 5.92 Å². The van der Waals surface area contributed by atoms with Crippen molar-refractivity contribution < 1.29 is 9.53 Å². The number of rotatable bonds is 4. The molecule has 0 saturated carbocycles. The molecule has 0 spiro atoms. The van der Waals surface area contributed by atoms with Gasteiger partial charge in [0.2, 0.25) is 0 Å². The predicted octanol–water partition coefficient (Wildman–Crippen LogP) is 6.47. The maximum absolute atomic E-state index is 12.5. The van der Waals surface area contributed by atoms with Crippen LogP contribution in [-0.4, -0.2) is 18.1 Å². The van der Waals surface area contributed by atoms with E-state index in [1.54, 1.807) is 6.20 Å². The smallest absolute Gasteiger partial charge is 0.348 e. The highest BCUT2D eigenvalue weighted by atomic mass is 32.1. The number of aromatic nitrogens is 1. The number of carbonyl (C=O) groups excluding carboxylic acids is 1. The Kier molecular flexibility index (Phi) is 5.40. The van der Waals surface area contributed by atoms with Gasteiger partial charge < -0.3 is 4.74 Å². The Labute approximate surface area is 169 Å². The molecule has 1 aliphatic carbocycles. The normalized spacial score (nSPS) is 16.5. The zero-order chi connectivity index (χ0) is 19.5. The summed E-state index contributed by atoms with van der Waals surface area (Å²) in [6.45, 7) is 2.29. The summed E-state index contributed by atoms with van der Waals surface area (Å²) in [5.41, 5.74) is 5.52. The average molecular weight is 390 g/mol. The third-order valence-corrected chi connectivity index (χ3v) is 6.46. The fourth-order valence-corrected chi connectivity index (χ4v) is 4.77. The van der Waals surface area contributed by atoms with Gasteiger partial charge in [-0.3, -0.25) is 4.98 Å². The van der Waals surface area contributed by atoms with Crippen molar-refractivity contribution in [3.63, 3.8) is 0 Å². The van der Waals surface area contributed by atoms with Crippen LogP contribution in [0.15, 0.2) is 60.9 Å². The van der Waals surface area contributed by atoms with Gasteiger partial charge in [-0.1, -0.05) is 43.3 Å². The van der Waals surface area contributed by atoms with Crippen LogP contribution in [0.3, 0.4) is 0 Å². The van der Waals surface area contributed by atoms with Crippen molar-refractivity contribution in [1.29, 1.82) is 0 Å². The van der Waals surface area contributed by atoms with E-state index >= 15 is 0 Å². The fourth-order valence-electron chi connectivity index (χ4n) is 3.68. The number of thiophene rings is 1. The molecule has 0 amide bonds. The van der Waals surface area contributed by atoms with E-state index in [0.29, 0.717) is 4.88 Å². The van der Waals surface area contributed by atoms with E-state index in [2.05, 4.69) is 36.2 Å². The van der Waals surface area contributed by atoms with Crippen LogP contribution in [0.4, 0.5) is 0 Å².